The normalized spacial score (nSPS) is 12.9. The summed E-state index contributed by atoms with van der Waals surface area (Å²) >= 11 is 0. The van der Waals surface area contributed by atoms with Crippen molar-refractivity contribution in [2.24, 2.45) is 0 Å². The van der Waals surface area contributed by atoms with E-state index in [0.29, 0.717) is 0 Å². The number of carbonyl (C=O) groups is 1. The molecule has 2 aromatic heterocycles. The topological polar surface area (TPSA) is 100 Å². The first kappa shape index (κ1) is 22.3. The minimum atomic E-state index is -4.85. The molecule has 0 fully saturated rings. The molecule has 1 aromatic carbocycles. The third-order valence-electron chi connectivity index (χ3n) is 4.49. The van der Waals surface area contributed by atoms with E-state index in [1.54, 1.807) is 0 Å². The zero-order valence-electron chi connectivity index (χ0n) is 16.5. The predicted molar refractivity (Wildman–Crippen MR) is 105 cm³/mol. The van der Waals surface area contributed by atoms with Gasteiger partial charge in [0.2, 0.25) is 0 Å². The van der Waals surface area contributed by atoms with Crippen LogP contribution < -0.4 is 10.6 Å². The molecule has 3 aromatic rings. The summed E-state index contributed by atoms with van der Waals surface area (Å²) in [5, 5.41) is 15.5. The van der Waals surface area contributed by atoms with Crippen molar-refractivity contribution in [2.45, 2.75) is 32.1 Å². The van der Waals surface area contributed by atoms with E-state index in [-0.39, 0.29) is 40.6 Å². The second-order valence-electron chi connectivity index (χ2n) is 7.08. The number of anilines is 1. The van der Waals surface area contributed by atoms with Crippen molar-refractivity contribution >= 4 is 22.8 Å². The number of benzene rings is 1. The van der Waals surface area contributed by atoms with Crippen molar-refractivity contribution in [1.82, 2.24) is 20.3 Å². The predicted octanol–water partition coefficient (Wildman–Crippen LogP) is 4.03. The molecule has 0 bridgehead atoms. The molecule has 7 nitrogen and oxygen atoms in total. The SMILES string of the molecule is CC(C)NC[C@@H](Nc1ncnc2c(C(=O)O)ccnc12)c1ccc(F)c(C(F)(F)F)c1. The van der Waals surface area contributed by atoms with Crippen LogP contribution >= 0.6 is 0 Å². The van der Waals surface area contributed by atoms with Gasteiger partial charge in [-0.25, -0.2) is 19.2 Å². The van der Waals surface area contributed by atoms with Crippen molar-refractivity contribution in [2.75, 3.05) is 11.9 Å². The summed E-state index contributed by atoms with van der Waals surface area (Å²) < 4.78 is 53.4. The highest BCUT2D eigenvalue weighted by atomic mass is 19.4. The number of carboxylic acid groups (broad SMARTS) is 1. The van der Waals surface area contributed by atoms with Gasteiger partial charge in [-0.05, 0) is 23.8 Å². The van der Waals surface area contributed by atoms with Gasteiger partial charge in [0.1, 0.15) is 23.2 Å². The molecule has 0 radical (unpaired) electrons. The largest absolute Gasteiger partial charge is 0.478 e. The Morgan fingerprint density at radius 2 is 1.87 bits per heavy atom. The average Bonchev–Trinajstić information content (AvgIpc) is 2.70. The van der Waals surface area contributed by atoms with Gasteiger partial charge >= 0.3 is 12.1 Å². The fourth-order valence-electron chi connectivity index (χ4n) is 2.99. The quantitative estimate of drug-likeness (QED) is 0.480. The van der Waals surface area contributed by atoms with Gasteiger partial charge in [-0.3, -0.25) is 4.98 Å². The molecule has 164 valence electrons. The Labute approximate surface area is 174 Å². The van der Waals surface area contributed by atoms with Gasteiger partial charge in [0.05, 0.1) is 17.2 Å². The Bertz CT molecular complexity index is 1100. The number of carboxylic acids is 1. The van der Waals surface area contributed by atoms with Crippen molar-refractivity contribution in [3.05, 3.63) is 59.3 Å². The minimum absolute atomic E-state index is 0.0192. The molecule has 1 atom stereocenters. The Kier molecular flexibility index (Phi) is 6.34. The highest BCUT2D eigenvalue weighted by Gasteiger charge is 2.35. The molecule has 11 heteroatoms. The van der Waals surface area contributed by atoms with Crippen molar-refractivity contribution in [3.63, 3.8) is 0 Å². The first-order valence-corrected chi connectivity index (χ1v) is 9.27. The van der Waals surface area contributed by atoms with E-state index in [4.69, 9.17) is 0 Å². The maximum Gasteiger partial charge on any atom is 0.419 e. The number of nitrogens with one attached hydrogen (secondary N) is 2. The van der Waals surface area contributed by atoms with Crippen LogP contribution in [0.2, 0.25) is 0 Å². The molecule has 31 heavy (non-hydrogen) atoms. The lowest BCUT2D eigenvalue weighted by molar-refractivity contribution is -0.140. The van der Waals surface area contributed by atoms with Crippen LogP contribution in [0, 0.1) is 5.82 Å². The van der Waals surface area contributed by atoms with Crippen LogP contribution in [-0.2, 0) is 6.18 Å². The van der Waals surface area contributed by atoms with Gasteiger partial charge in [-0.15, -0.1) is 0 Å². The van der Waals surface area contributed by atoms with Crippen molar-refractivity contribution < 1.29 is 27.5 Å². The number of hydrogen-bond acceptors (Lipinski definition) is 6. The summed E-state index contributed by atoms with van der Waals surface area (Å²) in [7, 11) is 0. The molecule has 2 heterocycles. The van der Waals surface area contributed by atoms with Crippen molar-refractivity contribution in [1.29, 1.82) is 0 Å². The summed E-state index contributed by atoms with van der Waals surface area (Å²) in [5.41, 5.74) is -1.06. The molecule has 0 aliphatic carbocycles. The smallest absolute Gasteiger partial charge is 0.419 e. The summed E-state index contributed by atoms with van der Waals surface area (Å²) in [6.45, 7) is 3.91. The number of nitrogens with zero attached hydrogens (tertiary/aromatic N) is 3. The van der Waals surface area contributed by atoms with Gasteiger partial charge in [-0.1, -0.05) is 19.9 Å². The van der Waals surface area contributed by atoms with Crippen LogP contribution in [0.3, 0.4) is 0 Å². The number of pyridine rings is 1. The van der Waals surface area contributed by atoms with E-state index in [2.05, 4.69) is 25.6 Å². The van der Waals surface area contributed by atoms with Crippen LogP contribution in [0.25, 0.3) is 11.0 Å². The number of rotatable bonds is 7. The summed E-state index contributed by atoms with van der Waals surface area (Å²) in [4.78, 5) is 23.6. The lowest BCUT2D eigenvalue weighted by Crippen LogP contribution is -2.31. The Morgan fingerprint density at radius 3 is 2.52 bits per heavy atom. The fourth-order valence-corrected chi connectivity index (χ4v) is 2.99. The molecule has 0 aliphatic rings. The van der Waals surface area contributed by atoms with Gasteiger partial charge in [0.25, 0.3) is 0 Å². The lowest BCUT2D eigenvalue weighted by Gasteiger charge is -2.23. The summed E-state index contributed by atoms with van der Waals surface area (Å²) in [6.07, 6.45) is -2.44. The number of alkyl halides is 3. The first-order chi connectivity index (χ1) is 14.6. The van der Waals surface area contributed by atoms with E-state index in [1.165, 1.54) is 18.3 Å². The Morgan fingerprint density at radius 1 is 1.13 bits per heavy atom. The molecule has 0 aliphatic heterocycles. The van der Waals surface area contributed by atoms with Crippen molar-refractivity contribution in [3.8, 4) is 0 Å². The monoisotopic (exact) mass is 437 g/mol. The second-order valence-corrected chi connectivity index (χ2v) is 7.08. The zero-order chi connectivity index (χ0) is 22.8. The first-order valence-electron chi connectivity index (χ1n) is 9.27. The molecule has 0 amide bonds. The van der Waals surface area contributed by atoms with E-state index in [9.17, 15) is 27.5 Å². The highest BCUT2D eigenvalue weighted by molar-refractivity contribution is 6.02. The number of aromatic carboxylic acids is 1. The molecule has 3 N–H and O–H groups in total. The molecule has 0 saturated carbocycles. The van der Waals surface area contributed by atoms with E-state index in [0.717, 1.165) is 18.5 Å². The molecular weight excluding hydrogens is 418 g/mol. The number of hydrogen-bond donors (Lipinski definition) is 3. The van der Waals surface area contributed by atoms with E-state index < -0.39 is 29.6 Å². The standard InChI is InChI=1S/C20H19F4N5O2/c1-10(2)26-8-15(11-3-4-14(21)13(7-11)20(22,23)24)29-18-17-16(27-9-28-18)12(19(30)31)5-6-25-17/h3-7,9-10,15,26H,8H2,1-2H3,(H,30,31)(H,27,28,29)/t15-/m1/s1. The van der Waals surface area contributed by atoms with E-state index >= 15 is 0 Å². The molecule has 0 unspecified atom stereocenters. The molecule has 0 spiro atoms. The summed E-state index contributed by atoms with van der Waals surface area (Å²) in [5.74, 6) is -2.43. The van der Waals surface area contributed by atoms with Crippen LogP contribution in [0.1, 0.15) is 41.4 Å². The van der Waals surface area contributed by atoms with Gasteiger partial charge in [0, 0.05) is 18.8 Å². The molecular formula is C20H19F4N5O2. The minimum Gasteiger partial charge on any atom is -0.478 e. The van der Waals surface area contributed by atoms with Crippen LogP contribution in [-0.4, -0.2) is 38.6 Å². The number of fused-ring (bicyclic) bond motifs is 1. The summed E-state index contributed by atoms with van der Waals surface area (Å²) in [6, 6.07) is 3.32. The number of aromatic nitrogens is 3. The lowest BCUT2D eigenvalue weighted by atomic mass is 10.0. The van der Waals surface area contributed by atoms with Crippen LogP contribution in [0.5, 0.6) is 0 Å². The van der Waals surface area contributed by atoms with E-state index in [1.807, 2.05) is 13.8 Å². The van der Waals surface area contributed by atoms with Crippen LogP contribution in [0.4, 0.5) is 23.4 Å². The molecule has 0 saturated heterocycles. The zero-order valence-corrected chi connectivity index (χ0v) is 16.5. The van der Waals surface area contributed by atoms with Gasteiger partial charge in [0.15, 0.2) is 5.82 Å². The maximum atomic E-state index is 13.8. The third kappa shape index (κ3) is 5.05. The fraction of sp³-hybridized carbons (Fsp3) is 0.300. The highest BCUT2D eigenvalue weighted by Crippen LogP contribution is 2.34. The Balaban J connectivity index is 2.06. The Hall–Kier alpha value is -3.34. The number of halogens is 4. The van der Waals surface area contributed by atoms with Crippen LogP contribution in [0.15, 0.2) is 36.8 Å². The molecule has 3 rings (SSSR count). The third-order valence-corrected chi connectivity index (χ3v) is 4.49. The van der Waals surface area contributed by atoms with Gasteiger partial charge in [-0.2, -0.15) is 13.2 Å². The maximum absolute atomic E-state index is 13.8. The second kappa shape index (κ2) is 8.80. The average molecular weight is 437 g/mol. The van der Waals surface area contributed by atoms with Gasteiger partial charge < -0.3 is 15.7 Å².